The molecule has 0 radical (unpaired) electrons. The van der Waals surface area contributed by atoms with Crippen LogP contribution in [0.1, 0.15) is 33.3 Å². The third-order valence-corrected chi connectivity index (χ3v) is 3.79. The van der Waals surface area contributed by atoms with Gasteiger partial charge in [0.05, 0.1) is 13.2 Å². The Kier molecular flexibility index (Phi) is 5.42. The van der Waals surface area contributed by atoms with Crippen LogP contribution in [0.4, 0.5) is 0 Å². The summed E-state index contributed by atoms with van der Waals surface area (Å²) in [5, 5.41) is 0. The van der Waals surface area contributed by atoms with E-state index in [1.165, 1.54) is 7.11 Å². The normalized spacial score (nSPS) is 22.5. The molecule has 0 bridgehead atoms. The van der Waals surface area contributed by atoms with E-state index < -0.39 is 22.3 Å². The lowest BCUT2D eigenvalue weighted by molar-refractivity contribution is -1.05. The second kappa shape index (κ2) is 7.01. The maximum absolute atomic E-state index is 12.9. The van der Waals surface area contributed by atoms with Crippen molar-refractivity contribution in [2.75, 3.05) is 13.7 Å². The van der Waals surface area contributed by atoms with Crippen LogP contribution < -0.4 is 0 Å². The van der Waals surface area contributed by atoms with Gasteiger partial charge in [-0.05, 0) is 27.7 Å². The lowest BCUT2D eigenvalue weighted by Crippen LogP contribution is -2.56. The van der Waals surface area contributed by atoms with Crippen LogP contribution >= 0.6 is 0 Å². The Balaban J connectivity index is 2.25. The highest BCUT2D eigenvalue weighted by atomic mass is 16.7. The SMILES string of the molecule is CO[N+](CC(=O)OC(C)(C)C)(Cc1ccccc1)C(=O)[C@@H]1O[C@@H]1C. The van der Waals surface area contributed by atoms with E-state index >= 15 is 0 Å². The van der Waals surface area contributed by atoms with Crippen LogP contribution in [-0.2, 0) is 30.4 Å². The van der Waals surface area contributed by atoms with Crippen LogP contribution in [0.3, 0.4) is 0 Å². The summed E-state index contributed by atoms with van der Waals surface area (Å²) in [4.78, 5) is 30.8. The number of hydrogen-bond acceptors (Lipinski definition) is 5. The van der Waals surface area contributed by atoms with Crippen molar-refractivity contribution in [3.05, 3.63) is 35.9 Å². The fraction of sp³-hybridized carbons (Fsp3) is 0.556. The topological polar surface area (TPSA) is 65.1 Å². The van der Waals surface area contributed by atoms with Gasteiger partial charge in [0.15, 0.2) is 0 Å². The van der Waals surface area contributed by atoms with E-state index in [4.69, 9.17) is 14.3 Å². The zero-order valence-electron chi connectivity index (χ0n) is 14.9. The lowest BCUT2D eigenvalue weighted by atomic mass is 10.2. The minimum absolute atomic E-state index is 0.153. The minimum atomic E-state index is -0.625. The van der Waals surface area contributed by atoms with Crippen molar-refractivity contribution in [3.63, 3.8) is 0 Å². The number of benzene rings is 1. The van der Waals surface area contributed by atoms with Crippen LogP contribution in [0.15, 0.2) is 30.3 Å². The van der Waals surface area contributed by atoms with Crippen molar-refractivity contribution in [2.45, 2.75) is 52.0 Å². The molecule has 6 heteroatoms. The number of nitrogens with zero attached hydrogens (tertiary/aromatic N) is 1. The number of carbonyl (C=O) groups is 2. The highest BCUT2D eigenvalue weighted by molar-refractivity contribution is 5.80. The Morgan fingerprint density at radius 1 is 1.21 bits per heavy atom. The van der Waals surface area contributed by atoms with Gasteiger partial charge >= 0.3 is 11.9 Å². The molecule has 6 nitrogen and oxygen atoms in total. The largest absolute Gasteiger partial charge is 0.456 e. The first-order valence-electron chi connectivity index (χ1n) is 8.05. The van der Waals surface area contributed by atoms with Gasteiger partial charge in [-0.3, -0.25) is 0 Å². The van der Waals surface area contributed by atoms with Crippen molar-refractivity contribution in [1.82, 2.24) is 0 Å². The third-order valence-electron chi connectivity index (χ3n) is 3.79. The summed E-state index contributed by atoms with van der Waals surface area (Å²) in [5.74, 6) is -0.748. The average Bonchev–Trinajstić information content (AvgIpc) is 3.21. The van der Waals surface area contributed by atoms with Gasteiger partial charge < -0.3 is 9.47 Å². The highest BCUT2D eigenvalue weighted by Crippen LogP contribution is 2.29. The van der Waals surface area contributed by atoms with Gasteiger partial charge in [0, 0.05) is 5.56 Å². The fourth-order valence-electron chi connectivity index (χ4n) is 2.57. The molecular formula is C18H26NO5+. The zero-order valence-corrected chi connectivity index (χ0v) is 14.9. The summed E-state index contributed by atoms with van der Waals surface area (Å²) in [7, 11) is 1.43. The molecule has 1 amide bonds. The van der Waals surface area contributed by atoms with Crippen LogP contribution in [-0.4, -0.2) is 48.0 Å². The van der Waals surface area contributed by atoms with E-state index in [9.17, 15) is 9.59 Å². The summed E-state index contributed by atoms with van der Waals surface area (Å²) in [6.07, 6.45) is -0.698. The van der Waals surface area contributed by atoms with Crippen LogP contribution in [0, 0.1) is 0 Å². The molecule has 3 atom stereocenters. The second-order valence-electron chi connectivity index (χ2n) is 7.06. The Morgan fingerprint density at radius 2 is 1.79 bits per heavy atom. The van der Waals surface area contributed by atoms with Gasteiger partial charge in [-0.25, -0.2) is 9.59 Å². The number of hydroxylamine groups is 3. The molecule has 1 heterocycles. The number of rotatable bonds is 6. The van der Waals surface area contributed by atoms with Gasteiger partial charge in [-0.2, -0.15) is 4.84 Å². The molecule has 0 spiro atoms. The van der Waals surface area contributed by atoms with Crippen molar-refractivity contribution in [1.29, 1.82) is 0 Å². The quantitative estimate of drug-likeness (QED) is 0.345. The van der Waals surface area contributed by atoms with Gasteiger partial charge in [-0.1, -0.05) is 30.3 Å². The zero-order chi connectivity index (χ0) is 18.0. The van der Waals surface area contributed by atoms with Crippen molar-refractivity contribution in [3.8, 4) is 0 Å². The summed E-state index contributed by atoms with van der Waals surface area (Å²) >= 11 is 0. The molecular weight excluding hydrogens is 310 g/mol. The van der Waals surface area contributed by atoms with Crippen molar-refractivity contribution >= 4 is 11.9 Å². The van der Waals surface area contributed by atoms with E-state index in [0.717, 1.165) is 5.56 Å². The molecule has 0 saturated carbocycles. The molecule has 1 aliphatic rings. The van der Waals surface area contributed by atoms with Gasteiger partial charge in [0.25, 0.3) is 0 Å². The second-order valence-corrected chi connectivity index (χ2v) is 7.06. The number of hydrogen-bond donors (Lipinski definition) is 0. The monoisotopic (exact) mass is 336 g/mol. The van der Waals surface area contributed by atoms with Gasteiger partial charge in [0.2, 0.25) is 12.6 Å². The van der Waals surface area contributed by atoms with E-state index in [0.29, 0.717) is 0 Å². The molecule has 1 aromatic carbocycles. The van der Waals surface area contributed by atoms with Crippen molar-refractivity contribution < 1.29 is 28.5 Å². The molecule has 1 aliphatic heterocycles. The molecule has 1 aromatic rings. The molecule has 1 saturated heterocycles. The first-order chi connectivity index (χ1) is 11.2. The smallest absolute Gasteiger partial charge is 0.378 e. The number of quaternary nitrogens is 1. The Labute approximate surface area is 142 Å². The third kappa shape index (κ3) is 4.63. The van der Waals surface area contributed by atoms with Gasteiger partial charge in [-0.15, -0.1) is 4.65 Å². The summed E-state index contributed by atoms with van der Waals surface area (Å²) in [6.45, 7) is 7.23. The number of ether oxygens (including phenoxy) is 2. The fourth-order valence-corrected chi connectivity index (χ4v) is 2.57. The first-order valence-corrected chi connectivity index (χ1v) is 8.05. The molecule has 132 valence electrons. The lowest BCUT2D eigenvalue weighted by Gasteiger charge is -2.31. The van der Waals surface area contributed by atoms with Gasteiger partial charge in [0.1, 0.15) is 12.1 Å². The molecule has 2 rings (SSSR count). The maximum atomic E-state index is 12.9. The molecule has 24 heavy (non-hydrogen) atoms. The molecule has 0 N–H and O–H groups in total. The maximum Gasteiger partial charge on any atom is 0.378 e. The predicted octanol–water partition coefficient (Wildman–Crippen LogP) is 2.22. The number of epoxide rings is 1. The highest BCUT2D eigenvalue weighted by Gasteiger charge is 2.55. The number of amides is 1. The summed E-state index contributed by atoms with van der Waals surface area (Å²) < 4.78 is 10.2. The Hall–Kier alpha value is -1.76. The Morgan fingerprint density at radius 3 is 2.25 bits per heavy atom. The number of esters is 1. The molecule has 1 unspecified atom stereocenters. The standard InChI is InChI=1S/C18H26NO5/c1-13-16(23-13)17(21)19(22-5,11-14-9-7-6-8-10-14)12-15(20)24-18(2,3)4/h6-10,13,16H,11-12H2,1-5H3/q+1/t13-,16-,19?/m1/s1. The van der Waals surface area contributed by atoms with Crippen LogP contribution in [0.2, 0.25) is 0 Å². The Bertz CT molecular complexity index is 595. The minimum Gasteiger partial charge on any atom is -0.456 e. The summed E-state index contributed by atoms with van der Waals surface area (Å²) in [5.41, 5.74) is 0.268. The van der Waals surface area contributed by atoms with E-state index in [1.807, 2.05) is 37.3 Å². The van der Waals surface area contributed by atoms with Crippen LogP contribution in [0.25, 0.3) is 0 Å². The van der Waals surface area contributed by atoms with E-state index in [-0.39, 0.29) is 25.1 Å². The van der Waals surface area contributed by atoms with Crippen LogP contribution in [0.5, 0.6) is 0 Å². The predicted molar refractivity (Wildman–Crippen MR) is 87.5 cm³/mol. The molecule has 1 fully saturated rings. The first kappa shape index (κ1) is 18.6. The summed E-state index contributed by atoms with van der Waals surface area (Å²) in [6, 6.07) is 9.45. The average molecular weight is 336 g/mol. The van der Waals surface area contributed by atoms with E-state index in [1.54, 1.807) is 20.8 Å². The van der Waals surface area contributed by atoms with E-state index in [2.05, 4.69) is 0 Å². The molecule has 0 aliphatic carbocycles. The van der Waals surface area contributed by atoms with Crippen molar-refractivity contribution in [2.24, 2.45) is 0 Å². The molecule has 0 aromatic heterocycles. The number of carbonyl (C=O) groups excluding carboxylic acids is 2.